The van der Waals surface area contributed by atoms with Gasteiger partial charge in [-0.2, -0.15) is 13.2 Å². The van der Waals surface area contributed by atoms with Crippen molar-refractivity contribution < 1.29 is 22.3 Å². The Morgan fingerprint density at radius 3 is 2.71 bits per heavy atom. The van der Waals surface area contributed by atoms with Gasteiger partial charge in [-0.15, -0.1) is 0 Å². The molecule has 0 unspecified atom stereocenters. The zero-order chi connectivity index (χ0) is 24.3. The number of hydrogen-bond acceptors (Lipinski definition) is 3. The van der Waals surface area contributed by atoms with E-state index in [-0.39, 0.29) is 12.7 Å². The van der Waals surface area contributed by atoms with E-state index in [1.54, 1.807) is 0 Å². The fourth-order valence-corrected chi connectivity index (χ4v) is 4.90. The normalized spacial score (nSPS) is 18.9. The van der Waals surface area contributed by atoms with Crippen LogP contribution >= 0.6 is 0 Å². The maximum absolute atomic E-state index is 13.6. The number of para-hydroxylation sites is 1. The SMILES string of the molecule is Cc1cc(OCCNCCCF)cc([C@@H]2c3[nH]c4ccccc4c3C[C@@H](C)N2CC(F)(F)F)c1. The molecule has 0 saturated carbocycles. The van der Waals surface area contributed by atoms with Crippen LogP contribution in [0.25, 0.3) is 10.9 Å². The molecule has 0 fully saturated rings. The number of fused-ring (bicyclic) bond motifs is 3. The number of aromatic nitrogens is 1. The molecule has 1 aromatic heterocycles. The van der Waals surface area contributed by atoms with Gasteiger partial charge >= 0.3 is 6.18 Å². The first kappa shape index (κ1) is 24.5. The van der Waals surface area contributed by atoms with Crippen molar-refractivity contribution in [2.45, 2.75) is 44.9 Å². The highest BCUT2D eigenvalue weighted by molar-refractivity contribution is 5.85. The summed E-state index contributed by atoms with van der Waals surface area (Å²) >= 11 is 0. The summed E-state index contributed by atoms with van der Waals surface area (Å²) in [5.41, 5.74) is 4.51. The van der Waals surface area contributed by atoms with Gasteiger partial charge in [0.15, 0.2) is 0 Å². The predicted molar refractivity (Wildman–Crippen MR) is 126 cm³/mol. The molecule has 8 heteroatoms. The number of rotatable bonds is 9. The van der Waals surface area contributed by atoms with Gasteiger partial charge in [0.2, 0.25) is 0 Å². The highest BCUT2D eigenvalue weighted by atomic mass is 19.4. The number of halogens is 4. The lowest BCUT2D eigenvalue weighted by Crippen LogP contribution is -2.47. The summed E-state index contributed by atoms with van der Waals surface area (Å²) < 4.78 is 59.0. The fraction of sp³-hybridized carbons (Fsp3) is 0.462. The lowest BCUT2D eigenvalue weighted by molar-refractivity contribution is -0.155. The summed E-state index contributed by atoms with van der Waals surface area (Å²) in [6, 6.07) is 12.7. The van der Waals surface area contributed by atoms with Crippen LogP contribution in [0.4, 0.5) is 17.6 Å². The average molecular weight is 478 g/mol. The average Bonchev–Trinajstić information content (AvgIpc) is 3.13. The number of benzene rings is 2. The molecule has 184 valence electrons. The topological polar surface area (TPSA) is 40.3 Å². The first-order valence-corrected chi connectivity index (χ1v) is 11.7. The molecule has 1 aliphatic heterocycles. The van der Waals surface area contributed by atoms with E-state index in [1.807, 2.05) is 56.3 Å². The van der Waals surface area contributed by atoms with Gasteiger partial charge in [0.25, 0.3) is 0 Å². The van der Waals surface area contributed by atoms with Crippen molar-refractivity contribution in [2.75, 3.05) is 32.9 Å². The molecule has 1 aliphatic rings. The molecule has 0 radical (unpaired) electrons. The summed E-state index contributed by atoms with van der Waals surface area (Å²) in [7, 11) is 0. The number of ether oxygens (including phenoxy) is 1. The Kier molecular flexibility index (Phi) is 7.48. The smallest absolute Gasteiger partial charge is 0.401 e. The third-order valence-corrected chi connectivity index (χ3v) is 6.30. The van der Waals surface area contributed by atoms with Gasteiger partial charge < -0.3 is 15.0 Å². The molecule has 0 aliphatic carbocycles. The van der Waals surface area contributed by atoms with Crippen molar-refractivity contribution in [3.8, 4) is 5.75 Å². The predicted octanol–water partition coefficient (Wildman–Crippen LogP) is 5.70. The standard InChI is InChI=1S/C26H31F4N3O/c1-17-12-19(15-20(13-17)34-11-10-31-9-5-8-27)25-24-22(21-6-3-4-7-23(21)32-24)14-18(2)33(25)16-26(28,29)30/h3-4,6-7,12-13,15,18,25,31-32H,5,8-11,14,16H2,1-2H3/t18-,25-/m1/s1. The third kappa shape index (κ3) is 5.55. The van der Waals surface area contributed by atoms with E-state index < -0.39 is 18.8 Å². The number of aromatic amines is 1. The third-order valence-electron chi connectivity index (χ3n) is 6.30. The van der Waals surface area contributed by atoms with E-state index in [1.165, 1.54) is 4.90 Å². The second-order valence-corrected chi connectivity index (χ2v) is 9.03. The van der Waals surface area contributed by atoms with Crippen LogP contribution in [0.15, 0.2) is 42.5 Å². The van der Waals surface area contributed by atoms with Crippen LogP contribution in [0, 0.1) is 6.92 Å². The second-order valence-electron chi connectivity index (χ2n) is 9.03. The van der Waals surface area contributed by atoms with Gasteiger partial charge in [0.1, 0.15) is 12.4 Å². The zero-order valence-electron chi connectivity index (χ0n) is 19.5. The van der Waals surface area contributed by atoms with Crippen LogP contribution in [-0.2, 0) is 6.42 Å². The minimum atomic E-state index is -4.32. The van der Waals surface area contributed by atoms with Crippen LogP contribution in [0.3, 0.4) is 0 Å². The Balaban J connectivity index is 1.69. The lowest BCUT2D eigenvalue weighted by atomic mass is 9.88. The quantitative estimate of drug-likeness (QED) is 0.307. The van der Waals surface area contributed by atoms with Gasteiger partial charge in [0, 0.05) is 29.2 Å². The number of nitrogens with zero attached hydrogens (tertiary/aromatic N) is 1. The van der Waals surface area contributed by atoms with Gasteiger partial charge in [-0.25, -0.2) is 0 Å². The first-order valence-electron chi connectivity index (χ1n) is 11.7. The largest absolute Gasteiger partial charge is 0.492 e. The van der Waals surface area contributed by atoms with Gasteiger partial charge in [-0.1, -0.05) is 24.3 Å². The molecule has 34 heavy (non-hydrogen) atoms. The summed E-state index contributed by atoms with van der Waals surface area (Å²) in [6.45, 7) is 3.96. The van der Waals surface area contributed by atoms with E-state index in [9.17, 15) is 17.6 Å². The van der Waals surface area contributed by atoms with E-state index in [0.717, 1.165) is 33.3 Å². The summed E-state index contributed by atoms with van der Waals surface area (Å²) in [5.74, 6) is 0.616. The molecule has 4 nitrogen and oxygen atoms in total. The molecule has 3 aromatic rings. The molecule has 0 spiro atoms. The summed E-state index contributed by atoms with van der Waals surface area (Å²) in [6.07, 6.45) is -3.31. The van der Waals surface area contributed by atoms with Crippen molar-refractivity contribution in [3.05, 3.63) is 64.8 Å². The monoisotopic (exact) mass is 477 g/mol. The highest BCUT2D eigenvalue weighted by Gasteiger charge is 2.42. The molecule has 2 N–H and O–H groups in total. The Morgan fingerprint density at radius 2 is 1.94 bits per heavy atom. The molecular formula is C26H31F4N3O. The summed E-state index contributed by atoms with van der Waals surface area (Å²) in [5, 5.41) is 4.17. The number of hydrogen-bond donors (Lipinski definition) is 2. The van der Waals surface area contributed by atoms with Crippen LogP contribution in [-0.4, -0.2) is 55.0 Å². The van der Waals surface area contributed by atoms with Gasteiger partial charge in [0.05, 0.1) is 19.3 Å². The minimum Gasteiger partial charge on any atom is -0.492 e. The number of alkyl halides is 4. The molecule has 2 aromatic carbocycles. The fourth-order valence-electron chi connectivity index (χ4n) is 4.90. The molecule has 0 amide bonds. The van der Waals surface area contributed by atoms with Crippen molar-refractivity contribution >= 4 is 10.9 Å². The van der Waals surface area contributed by atoms with Crippen LogP contribution in [0.5, 0.6) is 5.75 Å². The highest BCUT2D eigenvalue weighted by Crippen LogP contribution is 2.42. The maximum atomic E-state index is 13.6. The maximum Gasteiger partial charge on any atom is 0.401 e. The van der Waals surface area contributed by atoms with E-state index in [0.29, 0.717) is 38.3 Å². The van der Waals surface area contributed by atoms with Crippen LogP contribution in [0.2, 0.25) is 0 Å². The molecule has 2 heterocycles. The van der Waals surface area contributed by atoms with Crippen LogP contribution in [0.1, 0.15) is 41.8 Å². The van der Waals surface area contributed by atoms with E-state index in [4.69, 9.17) is 4.74 Å². The Labute approximate surface area is 197 Å². The van der Waals surface area contributed by atoms with Crippen molar-refractivity contribution in [1.82, 2.24) is 15.2 Å². The zero-order valence-corrected chi connectivity index (χ0v) is 19.5. The second kappa shape index (κ2) is 10.4. The van der Waals surface area contributed by atoms with E-state index >= 15 is 0 Å². The lowest BCUT2D eigenvalue weighted by Gasteiger charge is -2.41. The first-order chi connectivity index (χ1) is 16.3. The number of H-pyrrole nitrogens is 1. The molecule has 0 saturated heterocycles. The summed E-state index contributed by atoms with van der Waals surface area (Å²) in [4.78, 5) is 4.96. The minimum absolute atomic E-state index is 0.289. The Hall–Kier alpha value is -2.58. The molecule has 2 atom stereocenters. The molecule has 4 rings (SSSR count). The van der Waals surface area contributed by atoms with E-state index in [2.05, 4.69) is 10.3 Å². The van der Waals surface area contributed by atoms with Gasteiger partial charge in [-0.3, -0.25) is 9.29 Å². The van der Waals surface area contributed by atoms with Crippen LogP contribution < -0.4 is 10.1 Å². The molecule has 0 bridgehead atoms. The van der Waals surface area contributed by atoms with Crippen molar-refractivity contribution in [3.63, 3.8) is 0 Å². The Morgan fingerprint density at radius 1 is 1.15 bits per heavy atom. The Bertz CT molecular complexity index is 1110. The number of nitrogens with one attached hydrogen (secondary N) is 2. The van der Waals surface area contributed by atoms with Crippen molar-refractivity contribution in [1.29, 1.82) is 0 Å². The molecular weight excluding hydrogens is 446 g/mol. The number of aryl methyl sites for hydroxylation is 1. The van der Waals surface area contributed by atoms with Gasteiger partial charge in [-0.05, 0) is 68.1 Å². The van der Waals surface area contributed by atoms with Crippen molar-refractivity contribution in [2.24, 2.45) is 0 Å².